The highest BCUT2D eigenvalue weighted by Crippen LogP contribution is 2.20. The molecule has 0 aromatic heterocycles. The largest absolute Gasteiger partial charge is 0.481 e. The monoisotopic (exact) mass is 245 g/mol. The first-order chi connectivity index (χ1) is 7.53. The molecule has 0 bridgehead atoms. The number of rotatable bonds is 5. The van der Waals surface area contributed by atoms with Crippen LogP contribution in [0.1, 0.15) is 34.1 Å². The van der Waals surface area contributed by atoms with Gasteiger partial charge in [0, 0.05) is 6.42 Å². The van der Waals surface area contributed by atoms with Crippen LogP contribution >= 0.6 is 0 Å². The van der Waals surface area contributed by atoms with Crippen LogP contribution in [0.15, 0.2) is 0 Å². The lowest BCUT2D eigenvalue weighted by atomic mass is 9.89. The van der Waals surface area contributed by atoms with Gasteiger partial charge in [-0.1, -0.05) is 0 Å². The van der Waals surface area contributed by atoms with E-state index < -0.39 is 28.8 Å². The number of amides is 1. The third-order valence-electron chi connectivity index (χ3n) is 2.33. The number of nitrogens with one attached hydrogen (secondary N) is 1. The molecule has 0 spiro atoms. The van der Waals surface area contributed by atoms with Crippen molar-refractivity contribution in [2.45, 2.75) is 39.7 Å². The lowest BCUT2D eigenvalue weighted by Gasteiger charge is -2.25. The molecule has 0 heterocycles. The van der Waals surface area contributed by atoms with Crippen molar-refractivity contribution in [1.29, 1.82) is 0 Å². The van der Waals surface area contributed by atoms with Gasteiger partial charge in [-0.15, -0.1) is 0 Å². The summed E-state index contributed by atoms with van der Waals surface area (Å²) in [6.45, 7) is 5.87. The maximum absolute atomic E-state index is 11.6. The van der Waals surface area contributed by atoms with E-state index in [0.717, 1.165) is 0 Å². The quantitative estimate of drug-likeness (QED) is 0.690. The van der Waals surface area contributed by atoms with Gasteiger partial charge in [-0.2, -0.15) is 0 Å². The van der Waals surface area contributed by atoms with Gasteiger partial charge in [0.25, 0.3) is 0 Å². The fourth-order valence-corrected chi connectivity index (χ4v) is 1.18. The SMILES string of the molecule is COC(=O)C(C)(C)NC(=O)CC(C)(C)C(=O)O. The molecule has 0 fully saturated rings. The molecule has 98 valence electrons. The molecule has 0 saturated carbocycles. The van der Waals surface area contributed by atoms with Crippen LogP contribution in [-0.2, 0) is 19.1 Å². The van der Waals surface area contributed by atoms with Gasteiger partial charge in [-0.05, 0) is 27.7 Å². The number of hydrogen-bond acceptors (Lipinski definition) is 4. The summed E-state index contributed by atoms with van der Waals surface area (Å²) in [4.78, 5) is 33.8. The molecule has 0 aliphatic rings. The fourth-order valence-electron chi connectivity index (χ4n) is 1.18. The Morgan fingerprint density at radius 3 is 2.00 bits per heavy atom. The van der Waals surface area contributed by atoms with Gasteiger partial charge in [-0.25, -0.2) is 4.79 Å². The molecular formula is C11H19NO5. The Balaban J connectivity index is 4.58. The third kappa shape index (κ3) is 4.42. The molecule has 0 unspecified atom stereocenters. The number of methoxy groups -OCH3 is 1. The Kier molecular flexibility index (Phi) is 4.68. The molecule has 0 aliphatic carbocycles. The standard InChI is InChI=1S/C11H19NO5/c1-10(2,8(14)15)6-7(13)12-11(3,4)9(16)17-5/h6H2,1-5H3,(H,12,13)(H,14,15). The molecule has 6 heteroatoms. The molecule has 6 nitrogen and oxygen atoms in total. The van der Waals surface area contributed by atoms with Crippen LogP contribution in [0, 0.1) is 5.41 Å². The zero-order valence-corrected chi connectivity index (χ0v) is 10.8. The number of carboxylic acid groups (broad SMARTS) is 1. The number of ether oxygens (including phenoxy) is 1. The van der Waals surface area contributed by atoms with Gasteiger partial charge >= 0.3 is 11.9 Å². The summed E-state index contributed by atoms with van der Waals surface area (Å²) in [5.74, 6) is -2.16. The van der Waals surface area contributed by atoms with Crippen molar-refractivity contribution in [3.8, 4) is 0 Å². The van der Waals surface area contributed by atoms with E-state index in [4.69, 9.17) is 5.11 Å². The summed E-state index contributed by atoms with van der Waals surface area (Å²) < 4.78 is 4.52. The molecule has 0 aromatic rings. The van der Waals surface area contributed by atoms with E-state index in [1.807, 2.05) is 0 Å². The maximum Gasteiger partial charge on any atom is 0.330 e. The zero-order chi connectivity index (χ0) is 13.9. The van der Waals surface area contributed by atoms with E-state index in [2.05, 4.69) is 10.1 Å². The van der Waals surface area contributed by atoms with Crippen LogP contribution in [0.3, 0.4) is 0 Å². The molecule has 2 N–H and O–H groups in total. The summed E-state index contributed by atoms with van der Waals surface area (Å²) in [5.41, 5.74) is -2.34. The van der Waals surface area contributed by atoms with Crippen molar-refractivity contribution in [3.63, 3.8) is 0 Å². The van der Waals surface area contributed by atoms with Crippen LogP contribution in [0.25, 0.3) is 0 Å². The van der Waals surface area contributed by atoms with Crippen molar-refractivity contribution in [2.24, 2.45) is 5.41 Å². The molecule has 1 amide bonds. The van der Waals surface area contributed by atoms with Crippen LogP contribution in [0.4, 0.5) is 0 Å². The fraction of sp³-hybridized carbons (Fsp3) is 0.727. The minimum atomic E-state index is -1.17. The normalized spacial score (nSPS) is 11.8. The van der Waals surface area contributed by atoms with Crippen molar-refractivity contribution in [1.82, 2.24) is 5.32 Å². The van der Waals surface area contributed by atoms with Crippen LogP contribution in [0.5, 0.6) is 0 Å². The Hall–Kier alpha value is -1.59. The molecule has 0 atom stereocenters. The van der Waals surface area contributed by atoms with Gasteiger partial charge in [0.05, 0.1) is 12.5 Å². The van der Waals surface area contributed by atoms with E-state index >= 15 is 0 Å². The highest BCUT2D eigenvalue weighted by atomic mass is 16.5. The van der Waals surface area contributed by atoms with Gasteiger partial charge in [0.1, 0.15) is 5.54 Å². The smallest absolute Gasteiger partial charge is 0.330 e. The lowest BCUT2D eigenvalue weighted by molar-refractivity contribution is -0.152. The van der Waals surface area contributed by atoms with E-state index in [9.17, 15) is 14.4 Å². The summed E-state index contributed by atoms with van der Waals surface area (Å²) in [5, 5.41) is 11.3. The van der Waals surface area contributed by atoms with E-state index in [-0.39, 0.29) is 6.42 Å². The van der Waals surface area contributed by atoms with E-state index in [1.54, 1.807) is 0 Å². The minimum absolute atomic E-state index is 0.206. The van der Waals surface area contributed by atoms with Crippen molar-refractivity contribution >= 4 is 17.8 Å². The van der Waals surface area contributed by atoms with Crippen molar-refractivity contribution < 1.29 is 24.2 Å². The van der Waals surface area contributed by atoms with Crippen LogP contribution in [0.2, 0.25) is 0 Å². The molecule has 17 heavy (non-hydrogen) atoms. The minimum Gasteiger partial charge on any atom is -0.481 e. The van der Waals surface area contributed by atoms with Crippen LogP contribution < -0.4 is 5.32 Å². The number of carbonyl (C=O) groups excluding carboxylic acids is 2. The first-order valence-corrected chi connectivity index (χ1v) is 5.16. The van der Waals surface area contributed by atoms with Crippen molar-refractivity contribution in [2.75, 3.05) is 7.11 Å². The van der Waals surface area contributed by atoms with Gasteiger partial charge in [-0.3, -0.25) is 9.59 Å². The molecule has 0 radical (unpaired) electrons. The van der Waals surface area contributed by atoms with E-state index in [1.165, 1.54) is 34.8 Å². The summed E-state index contributed by atoms with van der Waals surface area (Å²) in [7, 11) is 1.22. The van der Waals surface area contributed by atoms with E-state index in [0.29, 0.717) is 0 Å². The molecule has 0 aromatic carbocycles. The Bertz CT molecular complexity index is 333. The summed E-state index contributed by atoms with van der Waals surface area (Å²) >= 11 is 0. The second kappa shape index (κ2) is 5.16. The number of hydrogen-bond donors (Lipinski definition) is 2. The average molecular weight is 245 g/mol. The Labute approximate surface area is 100 Å². The first-order valence-electron chi connectivity index (χ1n) is 5.16. The zero-order valence-electron chi connectivity index (χ0n) is 10.8. The number of carbonyl (C=O) groups is 3. The Morgan fingerprint density at radius 1 is 1.18 bits per heavy atom. The number of carboxylic acids is 1. The second-order valence-corrected chi connectivity index (χ2v) is 5.03. The predicted molar refractivity (Wildman–Crippen MR) is 60.3 cm³/mol. The summed E-state index contributed by atoms with van der Waals surface area (Å²) in [6.07, 6.45) is -0.206. The molecule has 0 rings (SSSR count). The Morgan fingerprint density at radius 2 is 1.65 bits per heavy atom. The summed E-state index contributed by atoms with van der Waals surface area (Å²) in [6, 6.07) is 0. The highest BCUT2D eigenvalue weighted by Gasteiger charge is 2.35. The highest BCUT2D eigenvalue weighted by molar-refractivity contribution is 5.89. The van der Waals surface area contributed by atoms with Gasteiger partial charge in [0.2, 0.25) is 5.91 Å². The molecule has 0 saturated heterocycles. The van der Waals surface area contributed by atoms with Crippen LogP contribution in [-0.4, -0.2) is 35.6 Å². The van der Waals surface area contributed by atoms with Crippen molar-refractivity contribution in [3.05, 3.63) is 0 Å². The molecular weight excluding hydrogens is 226 g/mol. The molecule has 0 aliphatic heterocycles. The lowest BCUT2D eigenvalue weighted by Crippen LogP contribution is -2.51. The topological polar surface area (TPSA) is 92.7 Å². The number of aliphatic carboxylic acids is 1. The maximum atomic E-state index is 11.6. The average Bonchev–Trinajstić information content (AvgIpc) is 2.14. The second-order valence-electron chi connectivity index (χ2n) is 5.03. The van der Waals surface area contributed by atoms with Gasteiger partial charge < -0.3 is 15.2 Å². The predicted octanol–water partition coefficient (Wildman–Crippen LogP) is 0.555. The van der Waals surface area contributed by atoms with Gasteiger partial charge in [0.15, 0.2) is 0 Å². The third-order valence-corrected chi connectivity index (χ3v) is 2.33. The first kappa shape index (κ1) is 15.4. The number of esters is 1.